The first-order valence-corrected chi connectivity index (χ1v) is 5.68. The van der Waals surface area contributed by atoms with E-state index in [1.54, 1.807) is 0 Å². The van der Waals surface area contributed by atoms with Crippen LogP contribution in [0.2, 0.25) is 0 Å². The molecular weight excluding hydrogens is 176 g/mol. The van der Waals surface area contributed by atoms with E-state index in [0.29, 0.717) is 6.54 Å². The van der Waals surface area contributed by atoms with Crippen molar-refractivity contribution in [1.29, 1.82) is 0 Å². The normalized spacial score (nSPS) is 22.9. The van der Waals surface area contributed by atoms with Crippen molar-refractivity contribution in [2.75, 3.05) is 20.1 Å². The van der Waals surface area contributed by atoms with Gasteiger partial charge in [0.15, 0.2) is 0 Å². The fraction of sp³-hybridized carbons (Fsp3) is 1.00. The number of hydrogen-bond acceptors (Lipinski definition) is 3. The summed E-state index contributed by atoms with van der Waals surface area (Å²) in [6, 6.07) is 0.739. The summed E-state index contributed by atoms with van der Waals surface area (Å²) in [6.45, 7) is 3.12. The molecule has 0 aromatic heterocycles. The SMILES string of the molecule is CN(CCC(C)(O)CN)C1CCCC1. The second kappa shape index (κ2) is 5.10. The standard InChI is InChI=1S/C11H24N2O/c1-11(14,9-12)7-8-13(2)10-5-3-4-6-10/h10,14H,3-9,12H2,1-2H3. The van der Waals surface area contributed by atoms with Crippen LogP contribution in [-0.2, 0) is 0 Å². The van der Waals surface area contributed by atoms with Crippen molar-refractivity contribution < 1.29 is 5.11 Å². The van der Waals surface area contributed by atoms with Crippen LogP contribution in [0.4, 0.5) is 0 Å². The zero-order valence-electron chi connectivity index (χ0n) is 9.50. The molecule has 0 radical (unpaired) electrons. The monoisotopic (exact) mass is 200 g/mol. The molecule has 14 heavy (non-hydrogen) atoms. The molecule has 1 unspecified atom stereocenters. The summed E-state index contributed by atoms with van der Waals surface area (Å²) in [5.41, 5.74) is 4.79. The largest absolute Gasteiger partial charge is 0.389 e. The Morgan fingerprint density at radius 1 is 1.43 bits per heavy atom. The molecule has 0 aromatic rings. The van der Waals surface area contributed by atoms with Gasteiger partial charge in [-0.15, -0.1) is 0 Å². The van der Waals surface area contributed by atoms with E-state index in [4.69, 9.17) is 5.73 Å². The fourth-order valence-corrected chi connectivity index (χ4v) is 2.05. The maximum Gasteiger partial charge on any atom is 0.0753 e. The average Bonchev–Trinajstić information content (AvgIpc) is 2.67. The molecule has 3 N–H and O–H groups in total. The van der Waals surface area contributed by atoms with Crippen molar-refractivity contribution >= 4 is 0 Å². The lowest BCUT2D eigenvalue weighted by Crippen LogP contribution is -2.39. The highest BCUT2D eigenvalue weighted by molar-refractivity contribution is 4.79. The van der Waals surface area contributed by atoms with Crippen LogP contribution in [0.1, 0.15) is 39.0 Å². The predicted octanol–water partition coefficient (Wildman–Crippen LogP) is 0.961. The molecule has 1 atom stereocenters. The van der Waals surface area contributed by atoms with E-state index in [1.165, 1.54) is 25.7 Å². The maximum absolute atomic E-state index is 9.76. The lowest BCUT2D eigenvalue weighted by atomic mass is 10.0. The second-order valence-electron chi connectivity index (χ2n) is 4.87. The van der Waals surface area contributed by atoms with Gasteiger partial charge in [-0.05, 0) is 33.2 Å². The zero-order valence-corrected chi connectivity index (χ0v) is 9.50. The van der Waals surface area contributed by atoms with E-state index < -0.39 is 5.60 Å². The van der Waals surface area contributed by atoms with Crippen molar-refractivity contribution in [3.8, 4) is 0 Å². The summed E-state index contributed by atoms with van der Waals surface area (Å²) in [5, 5.41) is 9.76. The Labute approximate surface area is 87.3 Å². The molecule has 0 heterocycles. The molecule has 0 saturated heterocycles. The Bertz CT molecular complexity index is 165. The van der Waals surface area contributed by atoms with E-state index in [-0.39, 0.29) is 0 Å². The van der Waals surface area contributed by atoms with Gasteiger partial charge < -0.3 is 15.7 Å². The molecule has 0 bridgehead atoms. The highest BCUT2D eigenvalue weighted by Gasteiger charge is 2.23. The van der Waals surface area contributed by atoms with Crippen LogP contribution in [-0.4, -0.2) is 41.8 Å². The third-order valence-electron chi connectivity index (χ3n) is 3.39. The number of nitrogens with zero attached hydrogens (tertiary/aromatic N) is 1. The van der Waals surface area contributed by atoms with E-state index in [9.17, 15) is 5.11 Å². The van der Waals surface area contributed by atoms with E-state index >= 15 is 0 Å². The van der Waals surface area contributed by atoms with Crippen LogP contribution < -0.4 is 5.73 Å². The van der Waals surface area contributed by atoms with Crippen LogP contribution in [0.25, 0.3) is 0 Å². The highest BCUT2D eigenvalue weighted by Crippen LogP contribution is 2.23. The van der Waals surface area contributed by atoms with Gasteiger partial charge in [0.2, 0.25) is 0 Å². The number of hydrogen-bond donors (Lipinski definition) is 2. The first kappa shape index (κ1) is 12.0. The summed E-state index contributed by atoms with van der Waals surface area (Å²) in [6.07, 6.45) is 6.14. The molecule has 1 aliphatic rings. The van der Waals surface area contributed by atoms with Gasteiger partial charge in [-0.1, -0.05) is 12.8 Å². The summed E-state index contributed by atoms with van der Waals surface area (Å²) >= 11 is 0. The molecule has 1 aliphatic carbocycles. The molecule has 0 aromatic carbocycles. The number of nitrogens with two attached hydrogens (primary N) is 1. The van der Waals surface area contributed by atoms with Crippen molar-refractivity contribution in [2.24, 2.45) is 5.73 Å². The van der Waals surface area contributed by atoms with Gasteiger partial charge in [0.1, 0.15) is 0 Å². The van der Waals surface area contributed by atoms with Crippen LogP contribution in [0, 0.1) is 0 Å². The molecule has 3 nitrogen and oxygen atoms in total. The predicted molar refractivity (Wildman–Crippen MR) is 59.2 cm³/mol. The van der Waals surface area contributed by atoms with Crippen LogP contribution in [0.3, 0.4) is 0 Å². The van der Waals surface area contributed by atoms with Gasteiger partial charge in [0.05, 0.1) is 5.60 Å². The molecule has 3 heteroatoms. The van der Waals surface area contributed by atoms with Crippen LogP contribution in [0.15, 0.2) is 0 Å². The van der Waals surface area contributed by atoms with E-state index in [1.807, 2.05) is 6.92 Å². The smallest absolute Gasteiger partial charge is 0.0753 e. The summed E-state index contributed by atoms with van der Waals surface area (Å²) in [4.78, 5) is 2.37. The van der Waals surface area contributed by atoms with E-state index in [0.717, 1.165) is 19.0 Å². The van der Waals surface area contributed by atoms with Crippen molar-refractivity contribution in [1.82, 2.24) is 4.90 Å². The van der Waals surface area contributed by atoms with Crippen molar-refractivity contribution in [2.45, 2.75) is 50.7 Å². The summed E-state index contributed by atoms with van der Waals surface area (Å²) in [7, 11) is 2.16. The van der Waals surface area contributed by atoms with Gasteiger partial charge in [-0.2, -0.15) is 0 Å². The zero-order chi connectivity index (χ0) is 10.6. The number of aliphatic hydroxyl groups is 1. The average molecular weight is 200 g/mol. The quantitative estimate of drug-likeness (QED) is 0.695. The van der Waals surface area contributed by atoms with Crippen molar-refractivity contribution in [3.63, 3.8) is 0 Å². The third kappa shape index (κ3) is 3.56. The molecule has 0 aliphatic heterocycles. The van der Waals surface area contributed by atoms with Crippen molar-refractivity contribution in [3.05, 3.63) is 0 Å². The van der Waals surface area contributed by atoms with Crippen LogP contribution >= 0.6 is 0 Å². The fourth-order valence-electron chi connectivity index (χ4n) is 2.05. The van der Waals surface area contributed by atoms with E-state index in [2.05, 4.69) is 11.9 Å². The summed E-state index contributed by atoms with van der Waals surface area (Å²) in [5.74, 6) is 0. The molecular formula is C11H24N2O. The Hall–Kier alpha value is -0.120. The first-order chi connectivity index (χ1) is 6.55. The maximum atomic E-state index is 9.76. The molecule has 0 amide bonds. The van der Waals surface area contributed by atoms with Gasteiger partial charge in [-0.3, -0.25) is 0 Å². The topological polar surface area (TPSA) is 49.5 Å². The Morgan fingerprint density at radius 2 is 2.00 bits per heavy atom. The Kier molecular flexibility index (Phi) is 4.35. The lowest BCUT2D eigenvalue weighted by molar-refractivity contribution is 0.0461. The third-order valence-corrected chi connectivity index (χ3v) is 3.39. The van der Waals surface area contributed by atoms with Crippen LogP contribution in [0.5, 0.6) is 0 Å². The Balaban J connectivity index is 2.23. The second-order valence-corrected chi connectivity index (χ2v) is 4.87. The number of rotatable bonds is 5. The minimum atomic E-state index is -0.688. The molecule has 1 fully saturated rings. The summed E-state index contributed by atoms with van der Waals surface area (Å²) < 4.78 is 0. The minimum Gasteiger partial charge on any atom is -0.389 e. The Morgan fingerprint density at radius 3 is 2.50 bits per heavy atom. The first-order valence-electron chi connectivity index (χ1n) is 5.68. The van der Waals surface area contributed by atoms with Gasteiger partial charge >= 0.3 is 0 Å². The molecule has 84 valence electrons. The van der Waals surface area contributed by atoms with Gasteiger partial charge in [-0.25, -0.2) is 0 Å². The molecule has 0 spiro atoms. The minimum absolute atomic E-state index is 0.353. The highest BCUT2D eigenvalue weighted by atomic mass is 16.3. The molecule has 1 saturated carbocycles. The molecule has 1 rings (SSSR count). The lowest BCUT2D eigenvalue weighted by Gasteiger charge is -2.28. The van der Waals surface area contributed by atoms with Gasteiger partial charge in [0, 0.05) is 19.1 Å². The van der Waals surface area contributed by atoms with Gasteiger partial charge in [0.25, 0.3) is 0 Å².